The van der Waals surface area contributed by atoms with E-state index in [9.17, 15) is 14.4 Å². The zero-order chi connectivity index (χ0) is 23.1. The fraction of sp³-hybridized carbons (Fsp3) is 0.320. The summed E-state index contributed by atoms with van der Waals surface area (Å²) in [5.74, 6) is -1.27. The predicted octanol–water partition coefficient (Wildman–Crippen LogP) is 3.84. The van der Waals surface area contributed by atoms with E-state index in [1.54, 1.807) is 13.8 Å². The molecule has 0 radical (unpaired) electrons. The first kappa shape index (κ1) is 23.1. The second-order valence-electron chi connectivity index (χ2n) is 8.38. The highest BCUT2D eigenvalue weighted by molar-refractivity contribution is 5.88. The molecule has 32 heavy (non-hydrogen) atoms. The Hall–Kier alpha value is -3.61. The van der Waals surface area contributed by atoms with Gasteiger partial charge in [0.05, 0.1) is 0 Å². The molecule has 2 amide bonds. The fourth-order valence-electron chi connectivity index (χ4n) is 3.81. The standard InChI is InChI=1S/C25H28N2O5/c1-25(2,14-13-23(29)30)27-22(28)12-7-15-26-24(31)32-16-21-19-10-5-3-8-17(19)18-9-4-6-11-20(18)21/h3-12,21H,13-16H2,1-2H3,(H,26,31)(H,27,28)(H,29,30)/b12-7+. The van der Waals surface area contributed by atoms with Gasteiger partial charge in [-0.2, -0.15) is 0 Å². The van der Waals surface area contributed by atoms with Crippen molar-refractivity contribution in [1.29, 1.82) is 0 Å². The number of carboxylic acids is 1. The maximum atomic E-state index is 12.1. The highest BCUT2D eigenvalue weighted by Crippen LogP contribution is 2.44. The van der Waals surface area contributed by atoms with Gasteiger partial charge in [0, 0.05) is 30.5 Å². The van der Waals surface area contributed by atoms with Crippen molar-refractivity contribution in [2.75, 3.05) is 13.2 Å². The smallest absolute Gasteiger partial charge is 0.407 e. The van der Waals surface area contributed by atoms with Crippen molar-refractivity contribution in [3.05, 3.63) is 71.8 Å². The number of nitrogens with one attached hydrogen (secondary N) is 2. The average molecular weight is 437 g/mol. The summed E-state index contributed by atoms with van der Waals surface area (Å²) >= 11 is 0. The van der Waals surface area contributed by atoms with Crippen molar-refractivity contribution in [3.63, 3.8) is 0 Å². The lowest BCUT2D eigenvalue weighted by atomic mass is 9.98. The summed E-state index contributed by atoms with van der Waals surface area (Å²) in [4.78, 5) is 34.8. The van der Waals surface area contributed by atoms with E-state index in [2.05, 4.69) is 34.9 Å². The second kappa shape index (κ2) is 10.1. The largest absolute Gasteiger partial charge is 0.481 e. The SMILES string of the molecule is CC(C)(CCC(=O)O)NC(=O)/C=C/CNC(=O)OCC1c2ccccc2-c2ccccc21. The number of carboxylic acid groups (broad SMARTS) is 1. The Kier molecular flexibility index (Phi) is 7.30. The number of aliphatic carboxylic acids is 1. The van der Waals surface area contributed by atoms with Crippen LogP contribution in [-0.2, 0) is 14.3 Å². The Morgan fingerprint density at radius 3 is 2.22 bits per heavy atom. The molecule has 2 aromatic carbocycles. The van der Waals surface area contributed by atoms with Gasteiger partial charge in [-0.1, -0.05) is 54.6 Å². The summed E-state index contributed by atoms with van der Waals surface area (Å²) < 4.78 is 5.44. The van der Waals surface area contributed by atoms with Gasteiger partial charge in [-0.05, 0) is 42.5 Å². The molecule has 0 aliphatic heterocycles. The van der Waals surface area contributed by atoms with E-state index in [0.717, 1.165) is 22.3 Å². The molecule has 0 spiro atoms. The van der Waals surface area contributed by atoms with Crippen LogP contribution in [0.3, 0.4) is 0 Å². The Morgan fingerprint density at radius 1 is 1.03 bits per heavy atom. The first-order valence-electron chi connectivity index (χ1n) is 10.6. The lowest BCUT2D eigenvalue weighted by Gasteiger charge is -2.24. The molecule has 0 aromatic heterocycles. The third kappa shape index (κ3) is 5.97. The monoisotopic (exact) mass is 436 g/mol. The van der Waals surface area contributed by atoms with Gasteiger partial charge in [-0.15, -0.1) is 0 Å². The number of ether oxygens (including phenoxy) is 1. The van der Waals surface area contributed by atoms with E-state index in [1.807, 2.05) is 24.3 Å². The third-order valence-corrected chi connectivity index (χ3v) is 5.40. The van der Waals surface area contributed by atoms with Crippen LogP contribution < -0.4 is 10.6 Å². The van der Waals surface area contributed by atoms with E-state index < -0.39 is 17.6 Å². The minimum atomic E-state index is -0.907. The summed E-state index contributed by atoms with van der Waals surface area (Å²) in [5.41, 5.74) is 3.97. The zero-order valence-corrected chi connectivity index (χ0v) is 18.3. The van der Waals surface area contributed by atoms with Crippen LogP contribution in [0.5, 0.6) is 0 Å². The van der Waals surface area contributed by atoms with Crippen LogP contribution in [0.25, 0.3) is 11.1 Å². The summed E-state index contributed by atoms with van der Waals surface area (Å²) in [7, 11) is 0. The quantitative estimate of drug-likeness (QED) is 0.518. The molecule has 7 nitrogen and oxygen atoms in total. The Balaban J connectivity index is 1.45. The van der Waals surface area contributed by atoms with Crippen LogP contribution in [0.1, 0.15) is 43.7 Å². The summed E-state index contributed by atoms with van der Waals surface area (Å²) in [5, 5.41) is 14.1. The molecule has 1 aliphatic carbocycles. The van der Waals surface area contributed by atoms with Crippen molar-refractivity contribution in [1.82, 2.24) is 10.6 Å². The van der Waals surface area contributed by atoms with Crippen LogP contribution in [0, 0.1) is 0 Å². The van der Waals surface area contributed by atoms with E-state index in [-0.39, 0.29) is 31.4 Å². The first-order valence-corrected chi connectivity index (χ1v) is 10.6. The molecule has 2 aromatic rings. The minimum Gasteiger partial charge on any atom is -0.481 e. The minimum absolute atomic E-state index is 0.0116. The molecule has 0 heterocycles. The summed E-state index contributed by atoms with van der Waals surface area (Å²) in [6.45, 7) is 3.88. The molecule has 1 aliphatic rings. The maximum Gasteiger partial charge on any atom is 0.407 e. The fourth-order valence-corrected chi connectivity index (χ4v) is 3.81. The van der Waals surface area contributed by atoms with Gasteiger partial charge >= 0.3 is 12.1 Å². The van der Waals surface area contributed by atoms with Gasteiger partial charge in [0.15, 0.2) is 0 Å². The number of rotatable bonds is 9. The highest BCUT2D eigenvalue weighted by Gasteiger charge is 2.28. The average Bonchev–Trinajstić information content (AvgIpc) is 3.07. The van der Waals surface area contributed by atoms with Crippen molar-refractivity contribution < 1.29 is 24.2 Å². The van der Waals surface area contributed by atoms with Crippen molar-refractivity contribution in [3.8, 4) is 11.1 Å². The predicted molar refractivity (Wildman–Crippen MR) is 121 cm³/mol. The van der Waals surface area contributed by atoms with Gasteiger partial charge in [0.1, 0.15) is 6.61 Å². The molecule has 3 rings (SSSR count). The number of carbonyl (C=O) groups is 3. The van der Waals surface area contributed by atoms with E-state index >= 15 is 0 Å². The Morgan fingerprint density at radius 2 is 1.62 bits per heavy atom. The van der Waals surface area contributed by atoms with E-state index in [0.29, 0.717) is 6.42 Å². The van der Waals surface area contributed by atoms with E-state index in [1.165, 1.54) is 12.2 Å². The van der Waals surface area contributed by atoms with Crippen LogP contribution >= 0.6 is 0 Å². The topological polar surface area (TPSA) is 105 Å². The molecule has 0 saturated carbocycles. The Bertz CT molecular complexity index is 983. The van der Waals surface area contributed by atoms with Gasteiger partial charge in [-0.25, -0.2) is 4.79 Å². The normalized spacial score (nSPS) is 12.8. The molecule has 168 valence electrons. The second-order valence-corrected chi connectivity index (χ2v) is 8.38. The van der Waals surface area contributed by atoms with Crippen molar-refractivity contribution >= 4 is 18.0 Å². The molecule has 0 bridgehead atoms. The van der Waals surface area contributed by atoms with Gasteiger partial charge < -0.3 is 20.5 Å². The molecule has 0 saturated heterocycles. The number of hydrogen-bond donors (Lipinski definition) is 3. The number of benzene rings is 2. The number of alkyl carbamates (subject to hydrolysis) is 1. The maximum absolute atomic E-state index is 12.1. The first-order chi connectivity index (χ1) is 15.3. The van der Waals surface area contributed by atoms with Gasteiger partial charge in [0.25, 0.3) is 0 Å². The molecule has 0 atom stereocenters. The third-order valence-electron chi connectivity index (χ3n) is 5.40. The molecule has 7 heteroatoms. The lowest BCUT2D eigenvalue weighted by Crippen LogP contribution is -2.43. The van der Waals surface area contributed by atoms with Crippen LogP contribution in [0.2, 0.25) is 0 Å². The van der Waals surface area contributed by atoms with Gasteiger partial charge in [0.2, 0.25) is 5.91 Å². The summed E-state index contributed by atoms with van der Waals surface area (Å²) in [6.07, 6.45) is 2.56. The molecular formula is C25H28N2O5. The van der Waals surface area contributed by atoms with Crippen molar-refractivity contribution in [2.45, 2.75) is 38.1 Å². The van der Waals surface area contributed by atoms with Crippen molar-refractivity contribution in [2.24, 2.45) is 0 Å². The number of carbonyl (C=O) groups excluding carboxylic acids is 2. The van der Waals surface area contributed by atoms with Crippen LogP contribution in [-0.4, -0.2) is 41.8 Å². The number of amides is 2. The molecule has 0 fully saturated rings. The number of hydrogen-bond acceptors (Lipinski definition) is 4. The van der Waals surface area contributed by atoms with Gasteiger partial charge in [-0.3, -0.25) is 9.59 Å². The lowest BCUT2D eigenvalue weighted by molar-refractivity contribution is -0.137. The van der Waals surface area contributed by atoms with Crippen LogP contribution in [0.15, 0.2) is 60.7 Å². The number of fused-ring (bicyclic) bond motifs is 3. The molecular weight excluding hydrogens is 408 g/mol. The molecule has 3 N–H and O–H groups in total. The molecule has 0 unspecified atom stereocenters. The van der Waals surface area contributed by atoms with Crippen LogP contribution in [0.4, 0.5) is 4.79 Å². The zero-order valence-electron chi connectivity index (χ0n) is 18.3. The Labute approximate surface area is 187 Å². The van der Waals surface area contributed by atoms with E-state index in [4.69, 9.17) is 9.84 Å². The highest BCUT2D eigenvalue weighted by atomic mass is 16.5. The summed E-state index contributed by atoms with van der Waals surface area (Å²) in [6, 6.07) is 16.2.